The third-order valence-electron chi connectivity index (χ3n) is 4.87. The number of hydrogen-bond donors (Lipinski definition) is 1. The third-order valence-corrected chi connectivity index (χ3v) is 5.16. The molecule has 2 amide bonds. The highest BCUT2D eigenvalue weighted by atomic mass is 35.5. The molecule has 1 heterocycles. The number of carbonyl (C=O) groups excluding carboxylic acids is 2. The minimum absolute atomic E-state index is 0.106. The molecule has 1 N–H and O–H groups in total. The first kappa shape index (κ1) is 20.9. The largest absolute Gasteiger partial charge is 0.495 e. The zero-order valence-electron chi connectivity index (χ0n) is 16.2. The number of nitrogens with zero attached hydrogens (tertiary/aromatic N) is 1. The molecule has 0 saturated carbocycles. The highest BCUT2D eigenvalue weighted by Crippen LogP contribution is 2.40. The normalized spacial score (nSPS) is 16.1. The average Bonchev–Trinajstić information content (AvgIpc) is 3.10. The van der Waals surface area contributed by atoms with Gasteiger partial charge in [0, 0.05) is 25.6 Å². The Hall–Kier alpha value is -2.80. The Balaban J connectivity index is 1.63. The fourth-order valence-corrected chi connectivity index (χ4v) is 3.53. The van der Waals surface area contributed by atoms with Crippen LogP contribution < -0.4 is 19.7 Å². The molecule has 1 aliphatic heterocycles. The van der Waals surface area contributed by atoms with E-state index in [4.69, 9.17) is 21.1 Å². The van der Waals surface area contributed by atoms with Gasteiger partial charge in [-0.15, -0.1) is 0 Å². The van der Waals surface area contributed by atoms with E-state index in [9.17, 15) is 14.0 Å². The monoisotopic (exact) mass is 420 g/mol. The molecule has 6 nitrogen and oxygen atoms in total. The van der Waals surface area contributed by atoms with E-state index in [1.165, 1.54) is 31.3 Å². The predicted molar refractivity (Wildman–Crippen MR) is 108 cm³/mol. The maximum absolute atomic E-state index is 12.9. The average molecular weight is 421 g/mol. The maximum Gasteiger partial charge on any atom is 0.227 e. The van der Waals surface area contributed by atoms with Crippen LogP contribution in [0, 0.1) is 11.7 Å². The summed E-state index contributed by atoms with van der Waals surface area (Å²) >= 11 is 6.20. The molecule has 2 aromatic carbocycles. The summed E-state index contributed by atoms with van der Waals surface area (Å²) in [7, 11) is 2.99. The second-order valence-corrected chi connectivity index (χ2v) is 7.14. The standard InChI is InChI=1S/C21H22ClFN2O4/c1-28-18-11-19(29-2)17(10-16(18)22)25-12-14(9-20(25)26)21(27)24-8-7-13-3-5-15(23)6-4-13/h3-6,10-11,14H,7-9,12H2,1-2H3,(H,24,27). The highest BCUT2D eigenvalue weighted by molar-refractivity contribution is 6.32. The van der Waals surface area contributed by atoms with Gasteiger partial charge in [0.15, 0.2) is 0 Å². The lowest BCUT2D eigenvalue weighted by molar-refractivity contribution is -0.126. The molecule has 0 aromatic heterocycles. The SMILES string of the molecule is COc1cc(OC)c(N2CC(C(=O)NCCc3ccc(F)cc3)CC2=O)cc1Cl. The van der Waals surface area contributed by atoms with E-state index < -0.39 is 5.92 Å². The lowest BCUT2D eigenvalue weighted by Gasteiger charge is -2.21. The molecule has 2 aromatic rings. The van der Waals surface area contributed by atoms with Gasteiger partial charge in [-0.2, -0.15) is 0 Å². The van der Waals surface area contributed by atoms with Gasteiger partial charge in [0.1, 0.15) is 17.3 Å². The summed E-state index contributed by atoms with van der Waals surface area (Å²) in [6.45, 7) is 0.646. The van der Waals surface area contributed by atoms with Crippen molar-refractivity contribution in [2.24, 2.45) is 5.92 Å². The third kappa shape index (κ3) is 4.79. The number of carbonyl (C=O) groups is 2. The van der Waals surface area contributed by atoms with Gasteiger partial charge in [-0.1, -0.05) is 23.7 Å². The molecule has 154 valence electrons. The molecule has 0 radical (unpaired) electrons. The summed E-state index contributed by atoms with van der Waals surface area (Å²) in [5.41, 5.74) is 1.43. The van der Waals surface area contributed by atoms with E-state index in [0.29, 0.717) is 35.2 Å². The second kappa shape index (κ2) is 9.13. The molecule has 29 heavy (non-hydrogen) atoms. The molecule has 1 atom stereocenters. The van der Waals surface area contributed by atoms with E-state index >= 15 is 0 Å². The summed E-state index contributed by atoms with van der Waals surface area (Å²) in [6, 6.07) is 9.35. The summed E-state index contributed by atoms with van der Waals surface area (Å²) in [5.74, 6) is -0.256. The van der Waals surface area contributed by atoms with E-state index in [1.54, 1.807) is 24.3 Å². The van der Waals surface area contributed by atoms with Crippen LogP contribution in [0.4, 0.5) is 10.1 Å². The number of hydrogen-bond acceptors (Lipinski definition) is 4. The lowest BCUT2D eigenvalue weighted by atomic mass is 10.1. The summed E-state index contributed by atoms with van der Waals surface area (Å²) in [4.78, 5) is 26.5. The summed E-state index contributed by atoms with van der Waals surface area (Å²) in [6.07, 6.45) is 0.688. The maximum atomic E-state index is 12.9. The van der Waals surface area contributed by atoms with Gasteiger partial charge < -0.3 is 19.7 Å². The van der Waals surface area contributed by atoms with Gasteiger partial charge >= 0.3 is 0 Å². The van der Waals surface area contributed by atoms with Crippen molar-refractivity contribution < 1.29 is 23.5 Å². The van der Waals surface area contributed by atoms with Crippen molar-refractivity contribution in [3.63, 3.8) is 0 Å². The van der Waals surface area contributed by atoms with Crippen LogP contribution in [0.5, 0.6) is 11.5 Å². The minimum Gasteiger partial charge on any atom is -0.495 e. The fourth-order valence-electron chi connectivity index (χ4n) is 3.30. The number of amides is 2. The van der Waals surface area contributed by atoms with E-state index in [0.717, 1.165) is 5.56 Å². The van der Waals surface area contributed by atoms with Crippen LogP contribution in [0.15, 0.2) is 36.4 Å². The second-order valence-electron chi connectivity index (χ2n) is 6.73. The number of nitrogens with one attached hydrogen (secondary N) is 1. The summed E-state index contributed by atoms with van der Waals surface area (Å²) in [5, 5.41) is 3.20. The molecule has 8 heteroatoms. The topological polar surface area (TPSA) is 67.9 Å². The molecule has 1 aliphatic rings. The Morgan fingerprint density at radius 3 is 2.55 bits per heavy atom. The molecule has 0 spiro atoms. The smallest absolute Gasteiger partial charge is 0.227 e. The van der Waals surface area contributed by atoms with Gasteiger partial charge in [-0.25, -0.2) is 4.39 Å². The first-order valence-corrected chi connectivity index (χ1v) is 9.54. The Morgan fingerprint density at radius 1 is 1.21 bits per heavy atom. The van der Waals surface area contributed by atoms with Crippen LogP contribution in [-0.2, 0) is 16.0 Å². The number of halogens is 2. The van der Waals surface area contributed by atoms with Gasteiger partial charge in [0.2, 0.25) is 11.8 Å². The molecule has 1 saturated heterocycles. The van der Waals surface area contributed by atoms with Crippen LogP contribution in [-0.4, -0.2) is 39.1 Å². The zero-order chi connectivity index (χ0) is 21.0. The Kier molecular flexibility index (Phi) is 6.59. The Labute approximate surface area is 173 Å². The van der Waals surface area contributed by atoms with Gasteiger partial charge in [-0.05, 0) is 30.2 Å². The Morgan fingerprint density at radius 2 is 1.90 bits per heavy atom. The van der Waals surface area contributed by atoms with E-state index in [2.05, 4.69) is 5.32 Å². The van der Waals surface area contributed by atoms with E-state index in [-0.39, 0.29) is 30.6 Å². The molecular formula is C21H22ClFN2O4. The van der Waals surface area contributed by atoms with Crippen LogP contribution in [0.2, 0.25) is 5.02 Å². The van der Waals surface area contributed by atoms with Gasteiger partial charge in [-0.3, -0.25) is 9.59 Å². The predicted octanol–water partition coefficient (Wildman–Crippen LogP) is 3.21. The molecule has 1 fully saturated rings. The molecular weight excluding hydrogens is 399 g/mol. The summed E-state index contributed by atoms with van der Waals surface area (Å²) < 4.78 is 23.5. The quantitative estimate of drug-likeness (QED) is 0.746. The van der Waals surface area contributed by atoms with Crippen molar-refractivity contribution in [3.05, 3.63) is 52.8 Å². The van der Waals surface area contributed by atoms with E-state index in [1.807, 2.05) is 0 Å². The van der Waals surface area contributed by atoms with Crippen molar-refractivity contribution in [1.29, 1.82) is 0 Å². The molecule has 3 rings (SSSR count). The fraction of sp³-hybridized carbons (Fsp3) is 0.333. The first-order chi connectivity index (χ1) is 13.9. The zero-order valence-corrected chi connectivity index (χ0v) is 17.0. The Bertz CT molecular complexity index is 904. The number of anilines is 1. The molecule has 0 aliphatic carbocycles. The van der Waals surface area contributed by atoms with Crippen LogP contribution in [0.1, 0.15) is 12.0 Å². The molecule has 0 bridgehead atoms. The van der Waals surface area contributed by atoms with Crippen LogP contribution >= 0.6 is 11.6 Å². The molecule has 1 unspecified atom stereocenters. The van der Waals surface area contributed by atoms with Gasteiger partial charge in [0.05, 0.1) is 30.8 Å². The van der Waals surface area contributed by atoms with Crippen LogP contribution in [0.3, 0.4) is 0 Å². The van der Waals surface area contributed by atoms with Crippen molar-refractivity contribution in [2.45, 2.75) is 12.8 Å². The number of benzene rings is 2. The van der Waals surface area contributed by atoms with Crippen molar-refractivity contribution in [2.75, 3.05) is 32.2 Å². The number of rotatable bonds is 7. The number of methoxy groups -OCH3 is 2. The highest BCUT2D eigenvalue weighted by Gasteiger charge is 2.36. The van der Waals surface area contributed by atoms with Crippen molar-refractivity contribution in [3.8, 4) is 11.5 Å². The lowest BCUT2D eigenvalue weighted by Crippen LogP contribution is -2.34. The van der Waals surface area contributed by atoms with Crippen molar-refractivity contribution in [1.82, 2.24) is 5.32 Å². The minimum atomic E-state index is -0.471. The van der Waals surface area contributed by atoms with Crippen molar-refractivity contribution >= 4 is 29.1 Å². The van der Waals surface area contributed by atoms with Gasteiger partial charge in [0.25, 0.3) is 0 Å². The number of ether oxygens (including phenoxy) is 2. The first-order valence-electron chi connectivity index (χ1n) is 9.17. The van der Waals surface area contributed by atoms with Crippen LogP contribution in [0.25, 0.3) is 0 Å².